The van der Waals surface area contributed by atoms with Gasteiger partial charge in [0.15, 0.2) is 4.77 Å². The smallest absolute Gasteiger partial charge is 0.195 e. The van der Waals surface area contributed by atoms with E-state index in [-0.39, 0.29) is 0 Å². The van der Waals surface area contributed by atoms with Crippen LogP contribution in [0.4, 0.5) is 0 Å². The molecule has 0 unspecified atom stereocenters. The summed E-state index contributed by atoms with van der Waals surface area (Å²) in [4.78, 5) is 0. The summed E-state index contributed by atoms with van der Waals surface area (Å²) in [5, 5.41) is 7.21. The minimum absolute atomic E-state index is 0.762. The van der Waals surface area contributed by atoms with Crippen LogP contribution in [0.15, 0.2) is 0 Å². The van der Waals surface area contributed by atoms with E-state index in [1.165, 1.54) is 24.3 Å². The van der Waals surface area contributed by atoms with Gasteiger partial charge in [0.05, 0.1) is 0 Å². The highest BCUT2D eigenvalue weighted by molar-refractivity contribution is 7.99. The van der Waals surface area contributed by atoms with Crippen LogP contribution in [0.1, 0.15) is 25.6 Å². The molecule has 1 aromatic rings. The number of rotatable bonds is 3. The van der Waals surface area contributed by atoms with Crippen LogP contribution in [0.2, 0.25) is 0 Å². The summed E-state index contributed by atoms with van der Waals surface area (Å²) < 4.78 is 2.87. The molecule has 0 saturated carbocycles. The zero-order valence-electron chi connectivity index (χ0n) is 9.03. The van der Waals surface area contributed by atoms with E-state index in [2.05, 4.69) is 33.5 Å². The maximum absolute atomic E-state index is 5.18. The molecule has 5 heteroatoms. The monoisotopic (exact) mass is 243 g/mol. The first-order valence-corrected chi connectivity index (χ1v) is 7.09. The lowest BCUT2D eigenvalue weighted by Gasteiger charge is -2.20. The zero-order valence-corrected chi connectivity index (χ0v) is 10.7. The normalized spacial score (nSPS) is 18.2. The molecule has 1 fully saturated rings. The second kappa shape index (κ2) is 5.16. The first-order chi connectivity index (χ1) is 7.31. The molecule has 1 saturated heterocycles. The van der Waals surface area contributed by atoms with E-state index in [1.54, 1.807) is 0 Å². The molecule has 0 radical (unpaired) electrons. The Hall–Kier alpha value is -0.290. The second-order valence-corrected chi connectivity index (χ2v) is 5.56. The SMILES string of the molecule is CCn1c(CC2CCSCC2)n[nH]c1=S. The fraction of sp³-hybridized carbons (Fsp3) is 0.800. The van der Waals surface area contributed by atoms with Crippen molar-refractivity contribution in [2.75, 3.05) is 11.5 Å². The Morgan fingerprint density at radius 3 is 2.93 bits per heavy atom. The van der Waals surface area contributed by atoms with Crippen LogP contribution in [-0.2, 0) is 13.0 Å². The molecule has 0 aliphatic carbocycles. The third-order valence-electron chi connectivity index (χ3n) is 2.97. The molecule has 0 atom stereocenters. The predicted molar refractivity (Wildman–Crippen MR) is 66.8 cm³/mol. The lowest BCUT2D eigenvalue weighted by Crippen LogP contribution is -2.15. The van der Waals surface area contributed by atoms with Gasteiger partial charge in [-0.3, -0.25) is 5.10 Å². The van der Waals surface area contributed by atoms with Gasteiger partial charge in [-0.1, -0.05) is 0 Å². The van der Waals surface area contributed by atoms with Gasteiger partial charge in [0.2, 0.25) is 0 Å². The summed E-state index contributed by atoms with van der Waals surface area (Å²) in [6.45, 7) is 3.04. The van der Waals surface area contributed by atoms with Crippen molar-refractivity contribution in [3.8, 4) is 0 Å². The summed E-state index contributed by atoms with van der Waals surface area (Å²) in [6, 6.07) is 0. The number of hydrogen-bond donors (Lipinski definition) is 1. The molecule has 1 N–H and O–H groups in total. The highest BCUT2D eigenvalue weighted by Crippen LogP contribution is 2.25. The average molecular weight is 243 g/mol. The molecule has 2 heterocycles. The number of aromatic amines is 1. The van der Waals surface area contributed by atoms with E-state index in [0.29, 0.717) is 0 Å². The number of nitrogens with one attached hydrogen (secondary N) is 1. The molecular formula is C10H17N3S2. The second-order valence-electron chi connectivity index (χ2n) is 3.95. The first-order valence-electron chi connectivity index (χ1n) is 5.53. The van der Waals surface area contributed by atoms with Crippen molar-refractivity contribution in [2.24, 2.45) is 5.92 Å². The standard InChI is InChI=1S/C10H17N3S2/c1-2-13-9(11-12-10(13)14)7-8-3-5-15-6-4-8/h8H,2-7H2,1H3,(H,12,14). The van der Waals surface area contributed by atoms with Crippen LogP contribution >= 0.6 is 24.0 Å². The number of nitrogens with zero attached hydrogens (tertiary/aromatic N) is 2. The van der Waals surface area contributed by atoms with Crippen molar-refractivity contribution in [3.63, 3.8) is 0 Å². The highest BCUT2D eigenvalue weighted by atomic mass is 32.2. The summed E-state index contributed by atoms with van der Waals surface area (Å²) in [6.07, 6.45) is 3.74. The van der Waals surface area contributed by atoms with Crippen molar-refractivity contribution in [3.05, 3.63) is 10.6 Å². The van der Waals surface area contributed by atoms with Gasteiger partial charge in [-0.15, -0.1) is 0 Å². The Morgan fingerprint density at radius 2 is 2.27 bits per heavy atom. The fourth-order valence-electron chi connectivity index (χ4n) is 2.04. The van der Waals surface area contributed by atoms with Gasteiger partial charge in [-0.2, -0.15) is 16.9 Å². The van der Waals surface area contributed by atoms with Crippen LogP contribution in [0.5, 0.6) is 0 Å². The maximum atomic E-state index is 5.18. The summed E-state index contributed by atoms with van der Waals surface area (Å²) in [5.74, 6) is 4.56. The first kappa shape index (κ1) is 11.2. The lowest BCUT2D eigenvalue weighted by molar-refractivity contribution is 0.464. The Kier molecular flexibility index (Phi) is 3.86. The van der Waals surface area contributed by atoms with Crippen LogP contribution < -0.4 is 0 Å². The average Bonchev–Trinajstić information content (AvgIpc) is 2.61. The Balaban J connectivity index is 2.06. The number of thioether (sulfide) groups is 1. The third-order valence-corrected chi connectivity index (χ3v) is 4.33. The van der Waals surface area contributed by atoms with E-state index >= 15 is 0 Å². The highest BCUT2D eigenvalue weighted by Gasteiger charge is 2.17. The Bertz CT molecular complexity index is 363. The zero-order chi connectivity index (χ0) is 10.7. The van der Waals surface area contributed by atoms with E-state index in [1.807, 2.05) is 0 Å². The molecular weight excluding hydrogens is 226 g/mol. The number of hydrogen-bond acceptors (Lipinski definition) is 3. The molecule has 2 rings (SSSR count). The van der Waals surface area contributed by atoms with E-state index in [0.717, 1.165) is 29.5 Å². The third kappa shape index (κ3) is 2.64. The Morgan fingerprint density at radius 1 is 1.53 bits per heavy atom. The van der Waals surface area contributed by atoms with Crippen LogP contribution in [0.25, 0.3) is 0 Å². The number of aromatic nitrogens is 3. The van der Waals surface area contributed by atoms with Gasteiger partial charge in [-0.05, 0) is 49.4 Å². The minimum atomic E-state index is 0.762. The molecule has 1 aliphatic heterocycles. The van der Waals surface area contributed by atoms with Crippen LogP contribution in [-0.4, -0.2) is 26.3 Å². The molecule has 1 aromatic heterocycles. The fourth-order valence-corrected chi connectivity index (χ4v) is 3.53. The molecule has 84 valence electrons. The minimum Gasteiger partial charge on any atom is -0.304 e. The summed E-state index contributed by atoms with van der Waals surface area (Å²) in [7, 11) is 0. The topological polar surface area (TPSA) is 33.6 Å². The molecule has 3 nitrogen and oxygen atoms in total. The molecule has 0 bridgehead atoms. The van der Waals surface area contributed by atoms with Crippen molar-refractivity contribution >= 4 is 24.0 Å². The Labute approximate surface area is 99.7 Å². The molecule has 15 heavy (non-hydrogen) atoms. The van der Waals surface area contributed by atoms with Crippen molar-refractivity contribution in [1.82, 2.24) is 14.8 Å². The van der Waals surface area contributed by atoms with Gasteiger partial charge in [0, 0.05) is 13.0 Å². The molecule has 1 aliphatic rings. The van der Waals surface area contributed by atoms with Crippen molar-refractivity contribution < 1.29 is 0 Å². The quantitative estimate of drug-likeness (QED) is 0.829. The van der Waals surface area contributed by atoms with Gasteiger partial charge in [0.1, 0.15) is 5.82 Å². The van der Waals surface area contributed by atoms with Crippen LogP contribution in [0, 0.1) is 10.7 Å². The largest absolute Gasteiger partial charge is 0.304 e. The van der Waals surface area contributed by atoms with E-state index in [4.69, 9.17) is 12.2 Å². The van der Waals surface area contributed by atoms with Gasteiger partial charge in [0.25, 0.3) is 0 Å². The van der Waals surface area contributed by atoms with Crippen molar-refractivity contribution in [1.29, 1.82) is 0 Å². The number of H-pyrrole nitrogens is 1. The maximum Gasteiger partial charge on any atom is 0.195 e. The van der Waals surface area contributed by atoms with Crippen molar-refractivity contribution in [2.45, 2.75) is 32.7 Å². The van der Waals surface area contributed by atoms with Crippen LogP contribution in [0.3, 0.4) is 0 Å². The van der Waals surface area contributed by atoms with Gasteiger partial charge < -0.3 is 4.57 Å². The molecule has 0 spiro atoms. The molecule has 0 amide bonds. The lowest BCUT2D eigenvalue weighted by atomic mass is 9.98. The van der Waals surface area contributed by atoms with Gasteiger partial charge >= 0.3 is 0 Å². The summed E-state index contributed by atoms with van der Waals surface area (Å²) in [5.41, 5.74) is 0. The van der Waals surface area contributed by atoms with Gasteiger partial charge in [-0.25, -0.2) is 0 Å². The molecule has 0 aromatic carbocycles. The summed E-state index contributed by atoms with van der Waals surface area (Å²) >= 11 is 7.25. The van der Waals surface area contributed by atoms with E-state index in [9.17, 15) is 0 Å². The predicted octanol–water partition coefficient (Wildman–Crippen LogP) is 2.65. The van der Waals surface area contributed by atoms with E-state index < -0.39 is 0 Å².